The third-order valence-electron chi connectivity index (χ3n) is 3.16. The van der Waals surface area contributed by atoms with E-state index in [1.54, 1.807) is 18.4 Å². The van der Waals surface area contributed by atoms with Crippen molar-refractivity contribution in [1.29, 1.82) is 0 Å². The molecule has 0 atom stereocenters. The van der Waals surface area contributed by atoms with Crippen LogP contribution in [0.2, 0.25) is 10.3 Å². The Balaban J connectivity index is 1.86. The summed E-state index contributed by atoms with van der Waals surface area (Å²) in [6, 6.07) is 7.72. The second-order valence-corrected chi connectivity index (χ2v) is 6.72. The van der Waals surface area contributed by atoms with E-state index in [2.05, 4.69) is 21.4 Å². The molecule has 3 aromatic rings. The fourth-order valence-corrected chi connectivity index (χ4v) is 3.54. The number of anilines is 1. The monoisotopic (exact) mass is 353 g/mol. The standard InChI is InChI=1S/C15H13Cl2N3OS/c1-8-5-10-13(19-15(17)20-14(10)22-8)18-7-9-3-4-12(21-2)11(16)6-9/h3-6H,7H2,1-2H3,(H,18,19,20). The average molecular weight is 354 g/mol. The number of hydrogen-bond acceptors (Lipinski definition) is 5. The molecule has 4 nitrogen and oxygen atoms in total. The van der Waals surface area contributed by atoms with Crippen LogP contribution in [0.3, 0.4) is 0 Å². The van der Waals surface area contributed by atoms with Crippen molar-refractivity contribution in [3.05, 3.63) is 45.0 Å². The number of nitrogens with zero attached hydrogens (tertiary/aromatic N) is 2. The van der Waals surface area contributed by atoms with Gasteiger partial charge >= 0.3 is 0 Å². The van der Waals surface area contributed by atoms with E-state index in [0.29, 0.717) is 17.3 Å². The number of methoxy groups -OCH3 is 1. The highest BCUT2D eigenvalue weighted by molar-refractivity contribution is 7.18. The molecular weight excluding hydrogens is 341 g/mol. The highest BCUT2D eigenvalue weighted by Gasteiger charge is 2.10. The van der Waals surface area contributed by atoms with Crippen LogP contribution in [0.15, 0.2) is 24.3 Å². The van der Waals surface area contributed by atoms with Crippen molar-refractivity contribution in [2.24, 2.45) is 0 Å². The molecule has 3 rings (SSSR count). The van der Waals surface area contributed by atoms with Gasteiger partial charge in [-0.2, -0.15) is 0 Å². The lowest BCUT2D eigenvalue weighted by Crippen LogP contribution is -2.02. The first-order chi connectivity index (χ1) is 10.6. The molecule has 7 heteroatoms. The second kappa shape index (κ2) is 6.28. The molecule has 0 aliphatic carbocycles. The van der Waals surface area contributed by atoms with Crippen molar-refractivity contribution in [1.82, 2.24) is 9.97 Å². The molecule has 0 aliphatic heterocycles. The number of aryl methyl sites for hydroxylation is 1. The van der Waals surface area contributed by atoms with Crippen LogP contribution in [-0.4, -0.2) is 17.1 Å². The zero-order valence-corrected chi connectivity index (χ0v) is 14.3. The molecule has 0 spiro atoms. The number of halogens is 2. The van der Waals surface area contributed by atoms with Gasteiger partial charge in [0.2, 0.25) is 5.28 Å². The average Bonchev–Trinajstić information content (AvgIpc) is 2.85. The molecule has 2 heterocycles. The highest BCUT2D eigenvalue weighted by atomic mass is 35.5. The summed E-state index contributed by atoms with van der Waals surface area (Å²) in [5.74, 6) is 1.39. The van der Waals surface area contributed by atoms with E-state index < -0.39 is 0 Å². The van der Waals surface area contributed by atoms with Crippen LogP contribution < -0.4 is 10.1 Å². The van der Waals surface area contributed by atoms with E-state index in [-0.39, 0.29) is 5.28 Å². The summed E-state index contributed by atoms with van der Waals surface area (Å²) >= 11 is 13.7. The number of hydrogen-bond donors (Lipinski definition) is 1. The van der Waals surface area contributed by atoms with Gasteiger partial charge in [-0.05, 0) is 42.3 Å². The van der Waals surface area contributed by atoms with Crippen molar-refractivity contribution in [3.63, 3.8) is 0 Å². The summed E-state index contributed by atoms with van der Waals surface area (Å²) < 4.78 is 5.15. The lowest BCUT2D eigenvalue weighted by atomic mass is 10.2. The molecule has 1 N–H and O–H groups in total. The van der Waals surface area contributed by atoms with Gasteiger partial charge in [0, 0.05) is 11.4 Å². The summed E-state index contributed by atoms with van der Waals surface area (Å²) in [7, 11) is 1.59. The highest BCUT2D eigenvalue weighted by Crippen LogP contribution is 2.30. The zero-order valence-electron chi connectivity index (χ0n) is 12.0. The number of benzene rings is 1. The Morgan fingerprint density at radius 3 is 2.77 bits per heavy atom. The molecule has 0 unspecified atom stereocenters. The van der Waals surface area contributed by atoms with E-state index in [4.69, 9.17) is 27.9 Å². The minimum Gasteiger partial charge on any atom is -0.495 e. The molecule has 1 aromatic carbocycles. The van der Waals surface area contributed by atoms with Gasteiger partial charge in [0.15, 0.2) is 0 Å². The predicted molar refractivity (Wildman–Crippen MR) is 92.5 cm³/mol. The van der Waals surface area contributed by atoms with Crippen LogP contribution in [0, 0.1) is 6.92 Å². The molecule has 0 saturated heterocycles. The number of fused-ring (bicyclic) bond motifs is 1. The molecule has 22 heavy (non-hydrogen) atoms. The van der Waals surface area contributed by atoms with Crippen molar-refractivity contribution in [3.8, 4) is 5.75 Å². The third-order valence-corrected chi connectivity index (χ3v) is 4.57. The van der Waals surface area contributed by atoms with Crippen molar-refractivity contribution in [2.75, 3.05) is 12.4 Å². The Hall–Kier alpha value is -1.56. The Labute approximate surface area is 142 Å². The molecule has 0 saturated carbocycles. The van der Waals surface area contributed by atoms with Gasteiger partial charge in [-0.1, -0.05) is 17.7 Å². The summed E-state index contributed by atoms with van der Waals surface area (Å²) in [6.45, 7) is 2.62. The van der Waals surface area contributed by atoms with E-state index in [0.717, 1.165) is 21.6 Å². The molecule has 0 bridgehead atoms. The summed E-state index contributed by atoms with van der Waals surface area (Å²) in [5, 5.41) is 5.10. The Kier molecular flexibility index (Phi) is 4.38. The predicted octanol–water partition coefficient (Wildman–Crippen LogP) is 4.93. The van der Waals surface area contributed by atoms with Crippen molar-refractivity contribution in [2.45, 2.75) is 13.5 Å². The lowest BCUT2D eigenvalue weighted by Gasteiger charge is -2.09. The van der Waals surface area contributed by atoms with E-state index in [1.807, 2.05) is 25.1 Å². The van der Waals surface area contributed by atoms with Gasteiger partial charge in [-0.25, -0.2) is 9.97 Å². The van der Waals surface area contributed by atoms with E-state index in [9.17, 15) is 0 Å². The van der Waals surface area contributed by atoms with E-state index >= 15 is 0 Å². The van der Waals surface area contributed by atoms with Crippen LogP contribution in [0.1, 0.15) is 10.4 Å². The Morgan fingerprint density at radius 2 is 2.05 bits per heavy atom. The smallest absolute Gasteiger partial charge is 0.225 e. The largest absolute Gasteiger partial charge is 0.495 e. The molecule has 0 amide bonds. The maximum Gasteiger partial charge on any atom is 0.225 e. The first-order valence-electron chi connectivity index (χ1n) is 6.57. The number of aromatic nitrogens is 2. The molecule has 114 valence electrons. The van der Waals surface area contributed by atoms with E-state index in [1.165, 1.54) is 4.88 Å². The summed E-state index contributed by atoms with van der Waals surface area (Å²) in [6.07, 6.45) is 0. The minimum absolute atomic E-state index is 0.240. The minimum atomic E-state index is 0.240. The molecular formula is C15H13Cl2N3OS. The van der Waals surface area contributed by atoms with Crippen LogP contribution in [0.4, 0.5) is 5.82 Å². The van der Waals surface area contributed by atoms with Crippen LogP contribution in [0.5, 0.6) is 5.75 Å². The number of nitrogens with one attached hydrogen (secondary N) is 1. The maximum atomic E-state index is 6.14. The van der Waals surface area contributed by atoms with Crippen LogP contribution in [-0.2, 0) is 6.54 Å². The summed E-state index contributed by atoms with van der Waals surface area (Å²) in [4.78, 5) is 10.6. The lowest BCUT2D eigenvalue weighted by molar-refractivity contribution is 0.415. The third kappa shape index (κ3) is 3.11. The Bertz CT molecular complexity index is 835. The SMILES string of the molecule is COc1ccc(CNc2nc(Cl)nc3sc(C)cc23)cc1Cl. The van der Waals surface area contributed by atoms with Gasteiger partial charge in [0.05, 0.1) is 17.5 Å². The fourth-order valence-electron chi connectivity index (χ4n) is 2.16. The second-order valence-electron chi connectivity index (χ2n) is 4.74. The van der Waals surface area contributed by atoms with Gasteiger partial charge in [-0.15, -0.1) is 11.3 Å². The van der Waals surface area contributed by atoms with Gasteiger partial charge in [0.1, 0.15) is 16.4 Å². The zero-order chi connectivity index (χ0) is 15.7. The first-order valence-corrected chi connectivity index (χ1v) is 8.14. The number of thiophene rings is 1. The molecule has 2 aromatic heterocycles. The fraction of sp³-hybridized carbons (Fsp3) is 0.200. The Morgan fingerprint density at radius 1 is 1.23 bits per heavy atom. The van der Waals surface area contributed by atoms with Crippen molar-refractivity contribution >= 4 is 50.6 Å². The molecule has 0 aliphatic rings. The summed E-state index contributed by atoms with van der Waals surface area (Å²) in [5.41, 5.74) is 1.03. The van der Waals surface area contributed by atoms with Crippen LogP contribution in [0.25, 0.3) is 10.2 Å². The first kappa shape index (κ1) is 15.3. The topological polar surface area (TPSA) is 47.0 Å². The van der Waals surface area contributed by atoms with Crippen LogP contribution >= 0.6 is 34.5 Å². The quantitative estimate of drug-likeness (QED) is 0.675. The van der Waals surface area contributed by atoms with Gasteiger partial charge in [-0.3, -0.25) is 0 Å². The maximum absolute atomic E-state index is 6.14. The number of rotatable bonds is 4. The van der Waals surface area contributed by atoms with Gasteiger partial charge in [0.25, 0.3) is 0 Å². The number of ether oxygens (including phenoxy) is 1. The van der Waals surface area contributed by atoms with Gasteiger partial charge < -0.3 is 10.1 Å². The van der Waals surface area contributed by atoms with Crippen molar-refractivity contribution < 1.29 is 4.74 Å². The normalized spacial score (nSPS) is 10.9. The molecule has 0 radical (unpaired) electrons. The molecule has 0 fully saturated rings.